The Hall–Kier alpha value is -0.860. The molecule has 0 bridgehead atoms. The highest BCUT2D eigenvalue weighted by molar-refractivity contribution is 8.00. The minimum Gasteiger partial charge on any atom is -0.124 e. The summed E-state index contributed by atoms with van der Waals surface area (Å²) in [5.74, 6) is 0. The largest absolute Gasteiger partial charge is 0.174 e. The van der Waals surface area contributed by atoms with Gasteiger partial charge in [-0.05, 0) is 49.9 Å². The molecule has 0 fully saturated rings. The van der Waals surface area contributed by atoms with Crippen LogP contribution in [0.15, 0.2) is 57.2 Å². The van der Waals surface area contributed by atoms with Crippen molar-refractivity contribution in [3.63, 3.8) is 0 Å². The topological polar surface area (TPSA) is 0 Å². The maximum absolute atomic E-state index is 2.33. The van der Waals surface area contributed by atoms with Gasteiger partial charge in [-0.25, -0.2) is 0 Å². The molecule has 0 N–H and O–H groups in total. The molecule has 18 heavy (non-hydrogen) atoms. The van der Waals surface area contributed by atoms with Crippen molar-refractivity contribution < 1.29 is 0 Å². The Labute approximate surface area is 117 Å². The molecule has 2 heteroatoms. The van der Waals surface area contributed by atoms with E-state index in [1.807, 2.05) is 11.8 Å². The summed E-state index contributed by atoms with van der Waals surface area (Å²) in [5, 5.41) is 0. The van der Waals surface area contributed by atoms with Crippen molar-refractivity contribution in [2.24, 2.45) is 0 Å². The maximum Gasteiger partial charge on any atom is 0.174 e. The number of rotatable bonds is 3. The summed E-state index contributed by atoms with van der Waals surface area (Å²) in [4.78, 5) is 4.28. The van der Waals surface area contributed by atoms with E-state index in [9.17, 15) is 0 Å². The molecule has 0 aliphatic carbocycles. The average molecular weight is 275 g/mol. The number of thioether (sulfide) groups is 1. The Morgan fingerprint density at radius 2 is 1.50 bits per heavy atom. The molecule has 0 nitrogen and oxygen atoms in total. The monoisotopic (exact) mass is 275 g/mol. The van der Waals surface area contributed by atoms with Crippen LogP contribution in [0.2, 0.25) is 0 Å². The van der Waals surface area contributed by atoms with E-state index in [0.29, 0.717) is 0 Å². The zero-order valence-electron chi connectivity index (χ0n) is 11.4. The van der Waals surface area contributed by atoms with Crippen LogP contribution in [-0.4, -0.2) is 12.5 Å². The van der Waals surface area contributed by atoms with Gasteiger partial charge >= 0.3 is 0 Å². The molecule has 0 amide bonds. The van der Waals surface area contributed by atoms with Gasteiger partial charge in [0.2, 0.25) is 0 Å². The van der Waals surface area contributed by atoms with Crippen LogP contribution in [-0.2, 0) is 10.9 Å². The minimum atomic E-state index is 0.152. The lowest BCUT2D eigenvalue weighted by Crippen LogP contribution is -2.02. The predicted octanol–water partition coefficient (Wildman–Crippen LogP) is 4.69. The third-order valence-electron chi connectivity index (χ3n) is 3.02. The molecule has 2 aromatic rings. The number of aryl methyl sites for hydroxylation is 2. The van der Waals surface area contributed by atoms with E-state index in [2.05, 4.69) is 68.8 Å². The Morgan fingerprint density at radius 3 is 2.11 bits per heavy atom. The number of hydrogen-bond donors (Lipinski definition) is 0. The zero-order chi connectivity index (χ0) is 13.1. The van der Waals surface area contributed by atoms with Gasteiger partial charge in [-0.1, -0.05) is 23.8 Å². The summed E-state index contributed by atoms with van der Waals surface area (Å²) in [6, 6.07) is 15.7. The Bertz CT molecular complexity index is 529. The van der Waals surface area contributed by atoms with E-state index in [-0.39, 0.29) is 10.9 Å². The van der Waals surface area contributed by atoms with Crippen molar-refractivity contribution in [1.82, 2.24) is 0 Å². The van der Waals surface area contributed by atoms with Gasteiger partial charge in [-0.3, -0.25) is 0 Å². The molecular weight excluding hydrogens is 256 g/mol. The second-order valence-electron chi connectivity index (χ2n) is 4.48. The standard InChI is InChI=1S/C16H19S2/c1-12-5-8-14(9-6-12)18(4)16-11-13(2)7-10-15(16)17-3/h5-11H,1-4H3/q+1. The lowest BCUT2D eigenvalue weighted by molar-refractivity contribution is 1.19. The zero-order valence-corrected chi connectivity index (χ0v) is 13.0. The van der Waals surface area contributed by atoms with E-state index < -0.39 is 0 Å². The highest BCUT2D eigenvalue weighted by Crippen LogP contribution is 2.30. The second kappa shape index (κ2) is 5.85. The molecule has 94 valence electrons. The lowest BCUT2D eigenvalue weighted by Gasteiger charge is -2.08. The molecule has 0 spiro atoms. The summed E-state index contributed by atoms with van der Waals surface area (Å²) < 4.78 is 0. The molecule has 2 rings (SSSR count). The summed E-state index contributed by atoms with van der Waals surface area (Å²) in [6.07, 6.45) is 4.47. The first-order valence-corrected chi connectivity index (χ1v) is 8.85. The van der Waals surface area contributed by atoms with Gasteiger partial charge in [-0.2, -0.15) is 0 Å². The molecule has 2 aromatic carbocycles. The van der Waals surface area contributed by atoms with Crippen LogP contribution in [0.3, 0.4) is 0 Å². The average Bonchev–Trinajstić information content (AvgIpc) is 2.39. The summed E-state index contributed by atoms with van der Waals surface area (Å²) in [7, 11) is 0.152. The summed E-state index contributed by atoms with van der Waals surface area (Å²) in [6.45, 7) is 4.30. The molecular formula is C16H19S2+. The molecule has 0 heterocycles. The fourth-order valence-corrected chi connectivity index (χ4v) is 4.51. The molecule has 0 aliphatic rings. The first kappa shape index (κ1) is 13.6. The van der Waals surface area contributed by atoms with Crippen molar-refractivity contribution in [1.29, 1.82) is 0 Å². The first-order chi connectivity index (χ1) is 8.61. The molecule has 1 atom stereocenters. The van der Waals surface area contributed by atoms with Crippen LogP contribution in [0.25, 0.3) is 0 Å². The van der Waals surface area contributed by atoms with Crippen molar-refractivity contribution in [2.75, 3.05) is 12.5 Å². The summed E-state index contributed by atoms with van der Waals surface area (Å²) in [5.41, 5.74) is 2.67. The lowest BCUT2D eigenvalue weighted by atomic mass is 10.2. The Kier molecular flexibility index (Phi) is 4.41. The molecule has 0 aromatic heterocycles. The van der Waals surface area contributed by atoms with Gasteiger partial charge in [0.15, 0.2) is 9.79 Å². The predicted molar refractivity (Wildman–Crippen MR) is 84.0 cm³/mol. The van der Waals surface area contributed by atoms with Gasteiger partial charge in [0.05, 0.1) is 15.8 Å². The second-order valence-corrected chi connectivity index (χ2v) is 7.26. The van der Waals surface area contributed by atoms with Crippen LogP contribution >= 0.6 is 11.8 Å². The highest BCUT2D eigenvalue weighted by Gasteiger charge is 2.22. The molecule has 1 unspecified atom stereocenters. The highest BCUT2D eigenvalue weighted by atomic mass is 32.2. The van der Waals surface area contributed by atoms with Crippen molar-refractivity contribution in [3.8, 4) is 0 Å². The normalized spacial score (nSPS) is 12.4. The van der Waals surface area contributed by atoms with Crippen LogP contribution in [0.1, 0.15) is 11.1 Å². The van der Waals surface area contributed by atoms with Crippen LogP contribution in [0.5, 0.6) is 0 Å². The SMILES string of the molecule is CSc1ccc(C)cc1[S+](C)c1ccc(C)cc1. The van der Waals surface area contributed by atoms with E-state index in [1.54, 1.807) is 0 Å². The summed E-state index contributed by atoms with van der Waals surface area (Å²) >= 11 is 1.84. The van der Waals surface area contributed by atoms with E-state index in [1.165, 1.54) is 25.8 Å². The number of hydrogen-bond acceptors (Lipinski definition) is 1. The Morgan fingerprint density at radius 1 is 0.889 bits per heavy atom. The van der Waals surface area contributed by atoms with Gasteiger partial charge in [-0.15, -0.1) is 11.8 Å². The van der Waals surface area contributed by atoms with Crippen molar-refractivity contribution >= 4 is 22.7 Å². The molecule has 0 saturated carbocycles. The molecule has 0 saturated heterocycles. The number of benzene rings is 2. The van der Waals surface area contributed by atoms with Crippen molar-refractivity contribution in [3.05, 3.63) is 53.6 Å². The first-order valence-electron chi connectivity index (χ1n) is 5.99. The van der Waals surface area contributed by atoms with Gasteiger partial charge in [0.25, 0.3) is 0 Å². The van der Waals surface area contributed by atoms with Crippen LogP contribution in [0, 0.1) is 13.8 Å². The third-order valence-corrected chi connectivity index (χ3v) is 5.93. The minimum absolute atomic E-state index is 0.152. The quantitative estimate of drug-likeness (QED) is 0.578. The third kappa shape index (κ3) is 2.93. The van der Waals surface area contributed by atoms with Gasteiger partial charge < -0.3 is 0 Å². The van der Waals surface area contributed by atoms with Gasteiger partial charge in [0, 0.05) is 0 Å². The fraction of sp³-hybridized carbons (Fsp3) is 0.250. The van der Waals surface area contributed by atoms with E-state index >= 15 is 0 Å². The van der Waals surface area contributed by atoms with E-state index in [4.69, 9.17) is 0 Å². The van der Waals surface area contributed by atoms with Crippen molar-refractivity contribution in [2.45, 2.75) is 28.5 Å². The molecule has 0 radical (unpaired) electrons. The van der Waals surface area contributed by atoms with Gasteiger partial charge in [0.1, 0.15) is 6.26 Å². The molecule has 0 aliphatic heterocycles. The fourth-order valence-electron chi connectivity index (χ4n) is 1.89. The van der Waals surface area contributed by atoms with Crippen LogP contribution < -0.4 is 0 Å². The maximum atomic E-state index is 2.33. The smallest absolute Gasteiger partial charge is 0.124 e. The van der Waals surface area contributed by atoms with Crippen LogP contribution in [0.4, 0.5) is 0 Å². The van der Waals surface area contributed by atoms with E-state index in [0.717, 1.165) is 0 Å². The Balaban J connectivity index is 2.41.